The number of aliphatic hydroxyl groups excluding tert-OH is 1. The Morgan fingerprint density at radius 2 is 1.84 bits per heavy atom. The number of benzene rings is 2. The van der Waals surface area contributed by atoms with Crippen LogP contribution in [-0.4, -0.2) is 33.7 Å². The zero-order chi connectivity index (χ0) is 22.5. The lowest BCUT2D eigenvalue weighted by molar-refractivity contribution is -0.135. The molecule has 0 radical (unpaired) electrons. The number of carbonyl (C=O) groups is 2. The number of aromatic hydroxyl groups is 1. The lowest BCUT2D eigenvalue weighted by Gasteiger charge is -2.35. The number of ether oxygens (including phenoxy) is 2. The Hall–Kier alpha value is -3.12. The standard InChI is InChI=1S/C25H26O6/c1-13(14(2)26)21(28)20-22(29)16-10-11-25(3,4)31-23(16)19-17(12-18(27)30-24(19)20)15-8-6-5-7-9-15/h5-11,13-14,17,26,29H,12H2,1-4H3. The first-order chi connectivity index (χ1) is 14.6. The number of rotatable bonds is 4. The molecular weight excluding hydrogens is 396 g/mol. The fourth-order valence-corrected chi connectivity index (χ4v) is 4.07. The number of ketones is 1. The van der Waals surface area contributed by atoms with Gasteiger partial charge in [-0.05, 0) is 38.5 Å². The second kappa shape index (κ2) is 7.54. The summed E-state index contributed by atoms with van der Waals surface area (Å²) in [5, 5.41) is 21.1. The van der Waals surface area contributed by atoms with E-state index in [-0.39, 0.29) is 23.5 Å². The van der Waals surface area contributed by atoms with E-state index in [1.165, 1.54) is 6.92 Å². The summed E-state index contributed by atoms with van der Waals surface area (Å²) in [6.45, 7) is 6.86. The first-order valence-corrected chi connectivity index (χ1v) is 10.4. The molecule has 0 fully saturated rings. The third-order valence-electron chi connectivity index (χ3n) is 5.99. The number of esters is 1. The Morgan fingerprint density at radius 3 is 2.48 bits per heavy atom. The van der Waals surface area contributed by atoms with Crippen molar-refractivity contribution in [3.63, 3.8) is 0 Å². The summed E-state index contributed by atoms with van der Waals surface area (Å²) in [4.78, 5) is 25.8. The van der Waals surface area contributed by atoms with Crippen LogP contribution in [0.3, 0.4) is 0 Å². The Kier molecular flexibility index (Phi) is 5.13. The molecule has 3 unspecified atom stereocenters. The molecule has 6 heteroatoms. The number of hydrogen-bond donors (Lipinski definition) is 2. The van der Waals surface area contributed by atoms with Gasteiger partial charge in [0.2, 0.25) is 0 Å². The van der Waals surface area contributed by atoms with Crippen LogP contribution in [0.25, 0.3) is 6.08 Å². The predicted molar refractivity (Wildman–Crippen MR) is 116 cm³/mol. The van der Waals surface area contributed by atoms with Crippen LogP contribution in [0, 0.1) is 5.92 Å². The minimum absolute atomic E-state index is 0.0185. The van der Waals surface area contributed by atoms with Gasteiger partial charge < -0.3 is 19.7 Å². The van der Waals surface area contributed by atoms with Crippen LogP contribution >= 0.6 is 0 Å². The van der Waals surface area contributed by atoms with Gasteiger partial charge in [-0.1, -0.05) is 37.3 Å². The molecule has 2 heterocycles. The van der Waals surface area contributed by atoms with Crippen molar-refractivity contribution in [2.75, 3.05) is 0 Å². The van der Waals surface area contributed by atoms with Gasteiger partial charge in [-0.2, -0.15) is 0 Å². The van der Waals surface area contributed by atoms with E-state index in [2.05, 4.69) is 0 Å². The maximum absolute atomic E-state index is 13.3. The van der Waals surface area contributed by atoms with Crippen molar-refractivity contribution in [3.05, 3.63) is 58.7 Å². The first kappa shape index (κ1) is 21.1. The Labute approximate surface area is 181 Å². The van der Waals surface area contributed by atoms with Crippen molar-refractivity contribution in [3.8, 4) is 17.2 Å². The molecule has 0 aromatic heterocycles. The van der Waals surface area contributed by atoms with E-state index in [9.17, 15) is 19.8 Å². The summed E-state index contributed by atoms with van der Waals surface area (Å²) in [5.41, 5.74) is 1.08. The third-order valence-corrected chi connectivity index (χ3v) is 5.99. The number of phenolic OH excluding ortho intramolecular Hbond substituents is 1. The van der Waals surface area contributed by atoms with Crippen LogP contribution in [0.4, 0.5) is 0 Å². The second-order valence-electron chi connectivity index (χ2n) is 8.78. The zero-order valence-corrected chi connectivity index (χ0v) is 18.0. The van der Waals surface area contributed by atoms with E-state index in [0.29, 0.717) is 16.9 Å². The SMILES string of the molecule is CC(O)C(C)C(=O)c1c(O)c2c(c3c1OC(=O)CC3c1ccccc1)OC(C)(C)C=C2. The van der Waals surface area contributed by atoms with E-state index in [1.54, 1.807) is 19.1 Å². The number of fused-ring (bicyclic) bond motifs is 3. The van der Waals surface area contributed by atoms with Crippen molar-refractivity contribution in [2.24, 2.45) is 5.92 Å². The van der Waals surface area contributed by atoms with Gasteiger partial charge in [0.05, 0.1) is 18.1 Å². The van der Waals surface area contributed by atoms with Gasteiger partial charge in [-0.25, -0.2) is 0 Å². The Balaban J connectivity index is 2.05. The molecule has 0 aliphatic carbocycles. The smallest absolute Gasteiger partial charge is 0.312 e. The van der Waals surface area contributed by atoms with Gasteiger partial charge in [0.15, 0.2) is 11.5 Å². The monoisotopic (exact) mass is 422 g/mol. The van der Waals surface area contributed by atoms with E-state index < -0.39 is 35.3 Å². The summed E-state index contributed by atoms with van der Waals surface area (Å²) in [6, 6.07) is 9.48. The van der Waals surface area contributed by atoms with Crippen molar-refractivity contribution in [2.45, 2.75) is 51.7 Å². The summed E-state index contributed by atoms with van der Waals surface area (Å²) >= 11 is 0. The predicted octanol–water partition coefficient (Wildman–Crippen LogP) is 4.22. The van der Waals surface area contributed by atoms with Crippen LogP contribution in [0.2, 0.25) is 0 Å². The fraction of sp³-hybridized carbons (Fsp3) is 0.360. The van der Waals surface area contributed by atoms with Crippen molar-refractivity contribution in [1.82, 2.24) is 0 Å². The molecule has 2 aliphatic heterocycles. The quantitative estimate of drug-likeness (QED) is 0.435. The highest BCUT2D eigenvalue weighted by Gasteiger charge is 2.41. The lowest BCUT2D eigenvalue weighted by Crippen LogP contribution is -2.32. The average molecular weight is 422 g/mol. The summed E-state index contributed by atoms with van der Waals surface area (Å²) < 4.78 is 11.8. The fourth-order valence-electron chi connectivity index (χ4n) is 4.07. The van der Waals surface area contributed by atoms with Crippen molar-refractivity contribution in [1.29, 1.82) is 0 Å². The van der Waals surface area contributed by atoms with Gasteiger partial charge in [0, 0.05) is 17.4 Å². The van der Waals surface area contributed by atoms with Crippen LogP contribution in [0.15, 0.2) is 36.4 Å². The number of Topliss-reactive ketones (excluding diaryl/α,β-unsaturated/α-hetero) is 1. The average Bonchev–Trinajstić information content (AvgIpc) is 2.72. The minimum atomic E-state index is -0.937. The lowest BCUT2D eigenvalue weighted by atomic mass is 9.80. The molecule has 3 atom stereocenters. The van der Waals surface area contributed by atoms with Gasteiger partial charge >= 0.3 is 5.97 Å². The number of carbonyl (C=O) groups excluding carboxylic acids is 2. The molecular formula is C25H26O6. The topological polar surface area (TPSA) is 93.1 Å². The number of phenols is 1. The van der Waals surface area contributed by atoms with E-state index in [0.717, 1.165) is 5.56 Å². The number of hydrogen-bond acceptors (Lipinski definition) is 6. The maximum atomic E-state index is 13.3. The largest absolute Gasteiger partial charge is 0.506 e. The van der Waals surface area contributed by atoms with Crippen LogP contribution in [-0.2, 0) is 4.79 Å². The van der Waals surface area contributed by atoms with Gasteiger partial charge in [-0.3, -0.25) is 9.59 Å². The van der Waals surface area contributed by atoms with Crippen molar-refractivity contribution < 1.29 is 29.3 Å². The highest BCUT2D eigenvalue weighted by Crippen LogP contribution is 2.54. The highest BCUT2D eigenvalue weighted by molar-refractivity contribution is 6.06. The van der Waals surface area contributed by atoms with E-state index in [1.807, 2.05) is 44.2 Å². The van der Waals surface area contributed by atoms with Gasteiger partial charge in [0.25, 0.3) is 0 Å². The zero-order valence-electron chi connectivity index (χ0n) is 18.0. The molecule has 6 nitrogen and oxygen atoms in total. The molecule has 162 valence electrons. The van der Waals surface area contributed by atoms with Gasteiger partial charge in [-0.15, -0.1) is 0 Å². The molecule has 2 aromatic carbocycles. The molecule has 31 heavy (non-hydrogen) atoms. The van der Waals surface area contributed by atoms with Crippen LogP contribution < -0.4 is 9.47 Å². The molecule has 0 saturated carbocycles. The third kappa shape index (κ3) is 3.61. The summed E-state index contributed by atoms with van der Waals surface area (Å²) in [6.07, 6.45) is 2.69. The molecule has 2 N–H and O–H groups in total. The highest BCUT2D eigenvalue weighted by atomic mass is 16.5. The van der Waals surface area contributed by atoms with Crippen LogP contribution in [0.5, 0.6) is 17.2 Å². The van der Waals surface area contributed by atoms with Crippen molar-refractivity contribution >= 4 is 17.8 Å². The van der Waals surface area contributed by atoms with E-state index in [4.69, 9.17) is 9.47 Å². The molecule has 0 bridgehead atoms. The van der Waals surface area contributed by atoms with E-state index >= 15 is 0 Å². The Bertz CT molecular complexity index is 1080. The normalized spacial score (nSPS) is 20.7. The maximum Gasteiger partial charge on any atom is 0.312 e. The molecule has 0 spiro atoms. The molecule has 2 aromatic rings. The molecule has 4 rings (SSSR count). The molecule has 2 aliphatic rings. The molecule has 0 amide bonds. The summed E-state index contributed by atoms with van der Waals surface area (Å²) in [7, 11) is 0. The van der Waals surface area contributed by atoms with Gasteiger partial charge in [0.1, 0.15) is 22.7 Å². The summed E-state index contributed by atoms with van der Waals surface area (Å²) in [5.74, 6) is -2.07. The minimum Gasteiger partial charge on any atom is -0.506 e. The number of aliphatic hydroxyl groups is 1. The first-order valence-electron chi connectivity index (χ1n) is 10.4. The van der Waals surface area contributed by atoms with Crippen LogP contribution in [0.1, 0.15) is 67.1 Å². The Morgan fingerprint density at radius 1 is 1.16 bits per heavy atom. The second-order valence-corrected chi connectivity index (χ2v) is 8.78. The molecule has 0 saturated heterocycles.